The zero-order chi connectivity index (χ0) is 31.8. The molecule has 0 saturated carbocycles. The van der Waals surface area contributed by atoms with Crippen molar-refractivity contribution >= 4 is 34.4 Å². The van der Waals surface area contributed by atoms with Gasteiger partial charge in [0.05, 0.1) is 16.6 Å². The number of aromatic carboxylic acids is 1. The molecule has 9 nitrogen and oxygen atoms in total. The predicted octanol–water partition coefficient (Wildman–Crippen LogP) is 7.00. The van der Waals surface area contributed by atoms with Crippen LogP contribution in [0.5, 0.6) is 5.75 Å². The van der Waals surface area contributed by atoms with Crippen LogP contribution < -0.4 is 4.74 Å². The van der Waals surface area contributed by atoms with E-state index in [1.807, 2.05) is 39.0 Å². The molecule has 1 unspecified atom stereocenters. The van der Waals surface area contributed by atoms with Gasteiger partial charge in [0.1, 0.15) is 28.8 Å². The zero-order valence-electron chi connectivity index (χ0n) is 24.7. The number of carbonyl (C=O) groups excluding carboxylic acids is 1. The number of aromatic nitrogens is 2. The first-order chi connectivity index (χ1) is 20.7. The maximum absolute atomic E-state index is 13.6. The van der Waals surface area contributed by atoms with Gasteiger partial charge in [-0.3, -0.25) is 9.47 Å². The van der Waals surface area contributed by atoms with E-state index in [2.05, 4.69) is 9.88 Å². The van der Waals surface area contributed by atoms with Crippen molar-refractivity contribution in [2.45, 2.75) is 52.1 Å². The Labute approximate surface area is 256 Å². The Kier molecular flexibility index (Phi) is 8.63. The summed E-state index contributed by atoms with van der Waals surface area (Å²) >= 11 is 0.952. The summed E-state index contributed by atoms with van der Waals surface area (Å²) in [4.78, 5) is 32.8. The molecule has 5 rings (SSSR count). The van der Waals surface area contributed by atoms with Gasteiger partial charge in [0.2, 0.25) is 0 Å². The molecular weight excluding hydrogens is 597 g/mol. The molecule has 1 N–H and O–H groups in total. The van der Waals surface area contributed by atoms with Crippen LogP contribution in [0, 0.1) is 0 Å². The molecular formula is C31H33F3N4O5S. The molecule has 2 aromatic heterocycles. The van der Waals surface area contributed by atoms with E-state index in [1.54, 1.807) is 15.8 Å². The van der Waals surface area contributed by atoms with Gasteiger partial charge in [0.25, 0.3) is 0 Å². The Morgan fingerprint density at radius 3 is 2.41 bits per heavy atom. The molecule has 234 valence electrons. The Morgan fingerprint density at radius 1 is 1.05 bits per heavy atom. The first-order valence-electron chi connectivity index (χ1n) is 14.1. The van der Waals surface area contributed by atoms with Crippen LogP contribution in [-0.4, -0.2) is 68.3 Å². The molecule has 1 aliphatic rings. The molecule has 1 saturated heterocycles. The van der Waals surface area contributed by atoms with E-state index in [9.17, 15) is 27.9 Å². The Morgan fingerprint density at radius 2 is 1.75 bits per heavy atom. The fourth-order valence-corrected chi connectivity index (χ4v) is 6.00. The van der Waals surface area contributed by atoms with Crippen molar-refractivity contribution in [3.05, 3.63) is 76.4 Å². The topological polar surface area (TPSA) is 97.1 Å². The Hall–Kier alpha value is -4.10. The van der Waals surface area contributed by atoms with Gasteiger partial charge in [-0.25, -0.2) is 14.6 Å². The lowest BCUT2D eigenvalue weighted by Crippen LogP contribution is -2.49. The molecule has 1 amide bonds. The van der Waals surface area contributed by atoms with Gasteiger partial charge in [-0.1, -0.05) is 24.3 Å². The molecule has 1 fully saturated rings. The second-order valence-corrected chi connectivity index (χ2v) is 12.6. The van der Waals surface area contributed by atoms with E-state index in [4.69, 9.17) is 9.47 Å². The van der Waals surface area contributed by atoms with Crippen molar-refractivity contribution < 1.29 is 37.3 Å². The molecule has 0 spiro atoms. The van der Waals surface area contributed by atoms with Gasteiger partial charge in [-0.15, -0.1) is 11.3 Å². The first kappa shape index (κ1) is 31.3. The highest BCUT2D eigenvalue weighted by molar-refractivity contribution is 7.16. The quantitative estimate of drug-likeness (QED) is 0.235. The second kappa shape index (κ2) is 12.1. The van der Waals surface area contributed by atoms with E-state index in [1.165, 1.54) is 31.2 Å². The maximum Gasteiger partial charge on any atom is 0.416 e. The Balaban J connectivity index is 1.34. The van der Waals surface area contributed by atoms with Crippen LogP contribution in [0.4, 0.5) is 18.0 Å². The van der Waals surface area contributed by atoms with Crippen LogP contribution in [0.25, 0.3) is 16.0 Å². The minimum absolute atomic E-state index is 0.0251. The first-order valence-corrected chi connectivity index (χ1v) is 14.9. The smallest absolute Gasteiger partial charge is 0.416 e. The number of carboxylic acids is 1. The largest absolute Gasteiger partial charge is 0.484 e. The van der Waals surface area contributed by atoms with Crippen LogP contribution in [0.3, 0.4) is 0 Å². The summed E-state index contributed by atoms with van der Waals surface area (Å²) in [5.74, 6) is -1.27. The third kappa shape index (κ3) is 6.99. The number of imidazole rings is 1. The van der Waals surface area contributed by atoms with Crippen molar-refractivity contribution in [3.63, 3.8) is 0 Å². The number of carboxylic acid groups (broad SMARTS) is 1. The SMILES string of the molecule is CC(Oc1cc(-n2cnc3ccc(CN4CCN(C(=O)OC(C)(C)C)CC4)cc32)sc1C(=O)O)c1ccccc1C(F)(F)F. The number of alkyl halides is 3. The minimum atomic E-state index is -4.58. The number of hydrogen-bond donors (Lipinski definition) is 1. The number of nitrogens with zero attached hydrogens (tertiary/aromatic N) is 4. The van der Waals surface area contributed by atoms with E-state index < -0.39 is 29.4 Å². The summed E-state index contributed by atoms with van der Waals surface area (Å²) in [7, 11) is 0. The molecule has 44 heavy (non-hydrogen) atoms. The summed E-state index contributed by atoms with van der Waals surface area (Å²) in [6, 6.07) is 12.4. The predicted molar refractivity (Wildman–Crippen MR) is 159 cm³/mol. The monoisotopic (exact) mass is 630 g/mol. The fraction of sp³-hybridized carbons (Fsp3) is 0.387. The molecule has 13 heteroatoms. The number of halogens is 3. The number of amides is 1. The third-order valence-electron chi connectivity index (χ3n) is 7.17. The fourth-order valence-electron chi connectivity index (χ4n) is 5.08. The van der Waals surface area contributed by atoms with Crippen LogP contribution in [0.15, 0.2) is 54.9 Å². The van der Waals surface area contributed by atoms with Crippen LogP contribution in [-0.2, 0) is 17.5 Å². The molecule has 3 heterocycles. The average molecular weight is 631 g/mol. The number of ether oxygens (including phenoxy) is 2. The van der Waals surface area contributed by atoms with Crippen LogP contribution in [0.2, 0.25) is 0 Å². The molecule has 1 aliphatic heterocycles. The lowest BCUT2D eigenvalue weighted by Gasteiger charge is -2.35. The van der Waals surface area contributed by atoms with Crippen molar-refractivity contribution in [1.29, 1.82) is 0 Å². The number of fused-ring (bicyclic) bond motifs is 1. The molecule has 0 aliphatic carbocycles. The molecule has 0 radical (unpaired) electrons. The number of rotatable bonds is 7. The summed E-state index contributed by atoms with van der Waals surface area (Å²) in [6.45, 7) is 10.1. The van der Waals surface area contributed by atoms with Gasteiger partial charge in [0, 0.05) is 44.4 Å². The summed E-state index contributed by atoms with van der Waals surface area (Å²) in [6.07, 6.45) is -4.38. The second-order valence-electron chi connectivity index (χ2n) is 11.6. The lowest BCUT2D eigenvalue weighted by atomic mass is 10.0. The van der Waals surface area contributed by atoms with E-state index >= 15 is 0 Å². The van der Waals surface area contributed by atoms with Crippen LogP contribution >= 0.6 is 11.3 Å². The summed E-state index contributed by atoms with van der Waals surface area (Å²) in [5.41, 5.74) is 0.977. The van der Waals surface area contributed by atoms with Gasteiger partial charge in [-0.05, 0) is 51.5 Å². The maximum atomic E-state index is 13.6. The number of hydrogen-bond acceptors (Lipinski definition) is 7. The number of carbonyl (C=O) groups is 2. The van der Waals surface area contributed by atoms with Crippen molar-refractivity contribution in [2.75, 3.05) is 26.2 Å². The van der Waals surface area contributed by atoms with Gasteiger partial charge in [0.15, 0.2) is 4.88 Å². The van der Waals surface area contributed by atoms with Crippen molar-refractivity contribution in [2.24, 2.45) is 0 Å². The van der Waals surface area contributed by atoms with E-state index in [-0.39, 0.29) is 22.3 Å². The highest BCUT2D eigenvalue weighted by Crippen LogP contribution is 2.39. The zero-order valence-corrected chi connectivity index (χ0v) is 25.5. The highest BCUT2D eigenvalue weighted by atomic mass is 32.1. The highest BCUT2D eigenvalue weighted by Gasteiger charge is 2.35. The van der Waals surface area contributed by atoms with Gasteiger partial charge >= 0.3 is 18.2 Å². The van der Waals surface area contributed by atoms with E-state index in [0.717, 1.165) is 28.5 Å². The van der Waals surface area contributed by atoms with Crippen molar-refractivity contribution in [3.8, 4) is 10.8 Å². The molecule has 2 aromatic carbocycles. The lowest BCUT2D eigenvalue weighted by molar-refractivity contribution is -0.139. The summed E-state index contributed by atoms with van der Waals surface area (Å²) in [5, 5.41) is 10.4. The third-order valence-corrected chi connectivity index (χ3v) is 8.27. The van der Waals surface area contributed by atoms with Gasteiger partial charge < -0.3 is 19.5 Å². The molecule has 1 atom stereocenters. The average Bonchev–Trinajstić information content (AvgIpc) is 3.56. The van der Waals surface area contributed by atoms with Crippen molar-refractivity contribution in [1.82, 2.24) is 19.4 Å². The molecule has 0 bridgehead atoms. The van der Waals surface area contributed by atoms with Gasteiger partial charge in [-0.2, -0.15) is 13.2 Å². The standard InChI is InChI=1S/C31H33F3N4O5S/c1-19(21-7-5-6-8-22(21)31(32,33)34)42-25-16-26(44-27(25)28(39)40)38-18-35-23-10-9-20(15-24(23)38)17-36-11-13-37(14-12-36)29(41)43-30(2,3)4/h5-10,15-16,18-19H,11-14,17H2,1-4H3,(H,39,40). The summed E-state index contributed by atoms with van der Waals surface area (Å²) < 4.78 is 53.9. The number of benzene rings is 2. The van der Waals surface area contributed by atoms with Crippen LogP contribution in [0.1, 0.15) is 60.2 Å². The number of piperazine rings is 1. The number of thiophene rings is 1. The minimum Gasteiger partial charge on any atom is -0.484 e. The normalized spacial score (nSPS) is 15.4. The molecule has 4 aromatic rings. The van der Waals surface area contributed by atoms with E-state index in [0.29, 0.717) is 43.2 Å². The Bertz CT molecular complexity index is 1670.